The second-order valence-electron chi connectivity index (χ2n) is 5.07. The van der Waals surface area contributed by atoms with Gasteiger partial charge in [-0.05, 0) is 5.56 Å². The van der Waals surface area contributed by atoms with Crippen LogP contribution in [0.5, 0.6) is 0 Å². The smallest absolute Gasteiger partial charge is 0.253 e. The number of nitrogens with one attached hydrogen (secondary N) is 1. The Bertz CT molecular complexity index is 376. The third kappa shape index (κ3) is 4.13. The fraction of sp³-hybridized carbons (Fsp3) is 0.500. The van der Waals surface area contributed by atoms with Crippen molar-refractivity contribution < 1.29 is 14.6 Å². The first-order valence-electron chi connectivity index (χ1n) is 5.96. The lowest BCUT2D eigenvalue weighted by atomic mass is 9.95. The van der Waals surface area contributed by atoms with Crippen molar-refractivity contribution in [2.24, 2.45) is 5.41 Å². The molecule has 0 unspecified atom stereocenters. The number of aliphatic hydroxyl groups is 1. The van der Waals surface area contributed by atoms with E-state index in [1.54, 1.807) is 0 Å². The van der Waals surface area contributed by atoms with Gasteiger partial charge in [-0.2, -0.15) is 0 Å². The summed E-state index contributed by atoms with van der Waals surface area (Å²) in [5.74, 6) is -0.190. The van der Waals surface area contributed by atoms with Gasteiger partial charge in [-0.25, -0.2) is 0 Å². The maximum absolute atomic E-state index is 12.0. The number of rotatable bonds is 6. The molecular weight excluding hydrogens is 230 g/mol. The summed E-state index contributed by atoms with van der Waals surface area (Å²) in [7, 11) is 1.51. The molecule has 0 spiro atoms. The largest absolute Gasteiger partial charge is 0.396 e. The number of carbonyl (C=O) groups is 1. The van der Waals surface area contributed by atoms with Crippen LogP contribution in [0, 0.1) is 5.41 Å². The van der Waals surface area contributed by atoms with E-state index >= 15 is 0 Å². The SMILES string of the molecule is CO[C@@H](C(=O)NCC(C)(C)CO)c1ccccc1. The molecule has 0 aromatic heterocycles. The van der Waals surface area contributed by atoms with Crippen LogP contribution in [0.15, 0.2) is 30.3 Å². The summed E-state index contributed by atoms with van der Waals surface area (Å²) >= 11 is 0. The van der Waals surface area contributed by atoms with Gasteiger partial charge < -0.3 is 15.2 Å². The molecule has 0 aliphatic heterocycles. The lowest BCUT2D eigenvalue weighted by Crippen LogP contribution is -2.39. The van der Waals surface area contributed by atoms with Crippen molar-refractivity contribution in [2.75, 3.05) is 20.3 Å². The summed E-state index contributed by atoms with van der Waals surface area (Å²) in [5, 5.41) is 11.9. The van der Waals surface area contributed by atoms with E-state index in [4.69, 9.17) is 9.84 Å². The minimum absolute atomic E-state index is 0.0241. The Morgan fingerprint density at radius 1 is 1.39 bits per heavy atom. The molecule has 0 radical (unpaired) electrons. The Balaban J connectivity index is 2.64. The van der Waals surface area contributed by atoms with Gasteiger partial charge in [0.2, 0.25) is 0 Å². The molecule has 0 fully saturated rings. The first-order chi connectivity index (χ1) is 8.50. The highest BCUT2D eigenvalue weighted by molar-refractivity contribution is 5.82. The molecule has 0 aliphatic rings. The van der Waals surface area contributed by atoms with Crippen molar-refractivity contribution in [1.82, 2.24) is 5.32 Å². The van der Waals surface area contributed by atoms with Crippen molar-refractivity contribution in [3.05, 3.63) is 35.9 Å². The van der Waals surface area contributed by atoms with Crippen LogP contribution in [0.25, 0.3) is 0 Å². The third-order valence-electron chi connectivity index (χ3n) is 2.75. The number of ether oxygens (including phenoxy) is 1. The highest BCUT2D eigenvalue weighted by Crippen LogP contribution is 2.17. The quantitative estimate of drug-likeness (QED) is 0.805. The Morgan fingerprint density at radius 2 is 2.00 bits per heavy atom. The van der Waals surface area contributed by atoms with E-state index in [0.717, 1.165) is 5.56 Å². The van der Waals surface area contributed by atoms with Crippen LogP contribution in [0.2, 0.25) is 0 Å². The maximum atomic E-state index is 12.0. The summed E-state index contributed by atoms with van der Waals surface area (Å²) < 4.78 is 5.22. The lowest BCUT2D eigenvalue weighted by Gasteiger charge is -2.23. The highest BCUT2D eigenvalue weighted by Gasteiger charge is 2.23. The normalized spacial score (nSPS) is 13.1. The van der Waals surface area contributed by atoms with Gasteiger partial charge in [0.15, 0.2) is 6.10 Å². The Hall–Kier alpha value is -1.39. The highest BCUT2D eigenvalue weighted by atomic mass is 16.5. The Labute approximate surface area is 108 Å². The molecule has 1 atom stereocenters. The molecule has 0 bridgehead atoms. The number of aliphatic hydroxyl groups excluding tert-OH is 1. The van der Waals surface area contributed by atoms with Gasteiger partial charge in [0.1, 0.15) is 0 Å². The van der Waals surface area contributed by atoms with Gasteiger partial charge in [-0.3, -0.25) is 4.79 Å². The van der Waals surface area contributed by atoms with Crippen molar-refractivity contribution >= 4 is 5.91 Å². The number of hydrogen-bond acceptors (Lipinski definition) is 3. The molecule has 0 heterocycles. The number of hydrogen-bond donors (Lipinski definition) is 2. The number of amides is 1. The third-order valence-corrected chi connectivity index (χ3v) is 2.75. The molecule has 2 N–H and O–H groups in total. The molecule has 1 aromatic rings. The monoisotopic (exact) mass is 251 g/mol. The summed E-state index contributed by atoms with van der Waals surface area (Å²) in [6, 6.07) is 9.33. The van der Waals surface area contributed by atoms with Crippen LogP contribution in [0.3, 0.4) is 0 Å². The van der Waals surface area contributed by atoms with E-state index in [-0.39, 0.29) is 17.9 Å². The van der Waals surface area contributed by atoms with E-state index in [1.807, 2.05) is 44.2 Å². The van der Waals surface area contributed by atoms with Gasteiger partial charge in [-0.15, -0.1) is 0 Å². The van der Waals surface area contributed by atoms with Gasteiger partial charge in [-0.1, -0.05) is 44.2 Å². The molecule has 18 heavy (non-hydrogen) atoms. The van der Waals surface area contributed by atoms with Crippen molar-refractivity contribution in [3.8, 4) is 0 Å². The molecule has 1 rings (SSSR count). The zero-order valence-electron chi connectivity index (χ0n) is 11.1. The molecule has 0 saturated carbocycles. The lowest BCUT2D eigenvalue weighted by molar-refractivity contribution is -0.132. The number of benzene rings is 1. The van der Waals surface area contributed by atoms with Crippen LogP contribution in [0.1, 0.15) is 25.5 Å². The first-order valence-corrected chi connectivity index (χ1v) is 5.96. The van der Waals surface area contributed by atoms with Crippen LogP contribution < -0.4 is 5.32 Å². The van der Waals surface area contributed by atoms with Crippen LogP contribution in [-0.2, 0) is 9.53 Å². The topological polar surface area (TPSA) is 58.6 Å². The predicted octanol–water partition coefficient (Wildman–Crippen LogP) is 1.51. The average molecular weight is 251 g/mol. The standard InChI is InChI=1S/C14H21NO3/c1-14(2,10-16)9-15-13(17)12(18-3)11-7-5-4-6-8-11/h4-8,12,16H,9-10H2,1-3H3,(H,15,17)/t12-/m1/s1. The average Bonchev–Trinajstić information content (AvgIpc) is 2.39. The molecular formula is C14H21NO3. The van der Waals surface area contributed by atoms with Gasteiger partial charge in [0.25, 0.3) is 5.91 Å². The summed E-state index contributed by atoms with van der Waals surface area (Å²) in [6.45, 7) is 4.21. The van der Waals surface area contributed by atoms with E-state index < -0.39 is 6.10 Å². The second kappa shape index (κ2) is 6.52. The van der Waals surface area contributed by atoms with Gasteiger partial charge in [0, 0.05) is 25.7 Å². The molecule has 1 amide bonds. The van der Waals surface area contributed by atoms with Crippen LogP contribution >= 0.6 is 0 Å². The molecule has 0 saturated heterocycles. The van der Waals surface area contributed by atoms with Crippen LogP contribution in [0.4, 0.5) is 0 Å². The summed E-state index contributed by atoms with van der Waals surface area (Å²) in [5.41, 5.74) is 0.490. The van der Waals surface area contributed by atoms with E-state index in [2.05, 4.69) is 5.32 Å². The number of carbonyl (C=O) groups excluding carboxylic acids is 1. The zero-order valence-corrected chi connectivity index (χ0v) is 11.1. The fourth-order valence-corrected chi connectivity index (χ4v) is 1.50. The Kier molecular flexibility index (Phi) is 5.31. The van der Waals surface area contributed by atoms with E-state index in [9.17, 15) is 4.79 Å². The van der Waals surface area contributed by atoms with Gasteiger partial charge in [0.05, 0.1) is 0 Å². The minimum Gasteiger partial charge on any atom is -0.396 e. The fourth-order valence-electron chi connectivity index (χ4n) is 1.50. The Morgan fingerprint density at radius 3 is 2.50 bits per heavy atom. The maximum Gasteiger partial charge on any atom is 0.253 e. The molecule has 1 aromatic carbocycles. The first kappa shape index (κ1) is 14.7. The second-order valence-corrected chi connectivity index (χ2v) is 5.07. The molecule has 4 heteroatoms. The predicted molar refractivity (Wildman–Crippen MR) is 70.1 cm³/mol. The van der Waals surface area contributed by atoms with Gasteiger partial charge >= 0.3 is 0 Å². The van der Waals surface area contributed by atoms with Crippen molar-refractivity contribution in [3.63, 3.8) is 0 Å². The van der Waals surface area contributed by atoms with Crippen molar-refractivity contribution in [2.45, 2.75) is 20.0 Å². The minimum atomic E-state index is -0.610. The number of methoxy groups -OCH3 is 1. The molecule has 4 nitrogen and oxygen atoms in total. The molecule has 0 aliphatic carbocycles. The van der Waals surface area contributed by atoms with Crippen molar-refractivity contribution in [1.29, 1.82) is 0 Å². The zero-order chi connectivity index (χ0) is 13.6. The molecule has 100 valence electrons. The summed E-state index contributed by atoms with van der Waals surface area (Å²) in [6.07, 6.45) is -0.610. The summed E-state index contributed by atoms with van der Waals surface area (Å²) in [4.78, 5) is 12.0. The van der Waals surface area contributed by atoms with E-state index in [0.29, 0.717) is 6.54 Å². The van der Waals surface area contributed by atoms with Crippen LogP contribution in [-0.4, -0.2) is 31.3 Å². The van der Waals surface area contributed by atoms with E-state index in [1.165, 1.54) is 7.11 Å².